The van der Waals surface area contributed by atoms with E-state index in [0.717, 1.165) is 12.3 Å². The largest absolute Gasteiger partial charge is 0.494 e. The van der Waals surface area contributed by atoms with Gasteiger partial charge >= 0.3 is 0 Å². The van der Waals surface area contributed by atoms with Crippen molar-refractivity contribution in [3.8, 4) is 5.75 Å². The molecule has 56 heavy (non-hydrogen) atoms. The Kier molecular flexibility index (Phi) is 24.5. The molecule has 0 bridgehead atoms. The topological polar surface area (TPSA) is 137 Å². The second kappa shape index (κ2) is 29.5. The summed E-state index contributed by atoms with van der Waals surface area (Å²) in [5.74, 6) is 0.850. The van der Waals surface area contributed by atoms with E-state index in [4.69, 9.17) is 37.9 Å². The van der Waals surface area contributed by atoms with Crippen LogP contribution in [0, 0.1) is 0 Å². The molecule has 3 aromatic carbocycles. The summed E-state index contributed by atoms with van der Waals surface area (Å²) in [6.45, 7) is 8.89. The maximum atomic E-state index is 12.3. The first-order valence-corrected chi connectivity index (χ1v) is 19.8. The van der Waals surface area contributed by atoms with Gasteiger partial charge in [0, 0.05) is 58.4 Å². The average Bonchev–Trinajstić information content (AvgIpc) is 3.21. The maximum absolute atomic E-state index is 12.3. The van der Waals surface area contributed by atoms with Crippen molar-refractivity contribution in [2.24, 2.45) is 0 Å². The van der Waals surface area contributed by atoms with Gasteiger partial charge in [0.1, 0.15) is 5.75 Å². The van der Waals surface area contributed by atoms with Gasteiger partial charge in [-0.3, -0.25) is 4.79 Å². The number of anilines is 2. The molecule has 3 rings (SSSR count). The van der Waals surface area contributed by atoms with E-state index in [1.165, 1.54) is 28.1 Å². The number of nitrogens with zero attached hydrogens (tertiary/aromatic N) is 2. The van der Waals surface area contributed by atoms with Crippen LogP contribution in [0.3, 0.4) is 0 Å². The van der Waals surface area contributed by atoms with Crippen LogP contribution in [0.4, 0.5) is 11.4 Å². The Morgan fingerprint density at radius 3 is 1.25 bits per heavy atom. The summed E-state index contributed by atoms with van der Waals surface area (Å²) in [6.07, 6.45) is 1.01. The lowest BCUT2D eigenvalue weighted by Crippen LogP contribution is -2.52. The molecular weight excluding hydrogens is 716 g/mol. The Morgan fingerprint density at radius 1 is 0.518 bits per heavy atom. The number of benzene rings is 3. The molecule has 0 aliphatic rings. The van der Waals surface area contributed by atoms with Crippen molar-refractivity contribution in [3.63, 3.8) is 0 Å². The first kappa shape index (κ1) is 46.6. The lowest BCUT2D eigenvalue weighted by atomic mass is 9.85. The van der Waals surface area contributed by atoms with E-state index in [-0.39, 0.29) is 11.8 Å². The first-order valence-electron chi connectivity index (χ1n) is 19.8. The second-order valence-electron chi connectivity index (χ2n) is 13.4. The number of carbonyl (C=O) groups is 1. The molecule has 3 aromatic rings. The van der Waals surface area contributed by atoms with Crippen LogP contribution in [0.2, 0.25) is 0 Å². The lowest BCUT2D eigenvalue weighted by molar-refractivity contribution is -0.374. The van der Waals surface area contributed by atoms with E-state index in [9.17, 15) is 4.79 Å². The quantitative estimate of drug-likeness (QED) is 0.0693. The van der Waals surface area contributed by atoms with Crippen LogP contribution in [0.1, 0.15) is 35.4 Å². The van der Waals surface area contributed by atoms with Crippen LogP contribution in [-0.4, -0.2) is 146 Å². The summed E-state index contributed by atoms with van der Waals surface area (Å²) in [5.41, 5.74) is 9.69. The summed E-state index contributed by atoms with van der Waals surface area (Å²) in [6, 6.07) is 25.8. The van der Waals surface area contributed by atoms with Gasteiger partial charge in [0.15, 0.2) is 0 Å². The SMILES string of the molecule is CN(C)c1ccc(C(c2ccc(OCCCC(=O)NCCOCCOCCOCCOCCOCCOCCOCC[NH3+])cc2)c2ccc(N(C)C)cc2)cc1. The molecule has 0 saturated carbocycles. The number of amides is 1. The standard InChI is InChI=1S/C43H66N4O9/c1-46(2)39-13-7-36(8-14-39)43(37-9-15-40(16-10-37)47(3)4)38-11-17-41(18-12-38)56-21-5-6-42(48)45-20-23-50-25-27-52-29-31-54-33-35-55-34-32-53-30-28-51-26-24-49-22-19-44/h7-18,43H,5-6,19-35,44H2,1-4H3,(H,45,48)/p+1. The molecule has 13 nitrogen and oxygen atoms in total. The first-order chi connectivity index (χ1) is 27.4. The molecule has 0 radical (unpaired) electrons. The molecule has 0 saturated heterocycles. The molecule has 0 atom stereocenters. The van der Waals surface area contributed by atoms with Gasteiger partial charge in [0.05, 0.1) is 106 Å². The van der Waals surface area contributed by atoms with Gasteiger partial charge in [0.2, 0.25) is 5.91 Å². The van der Waals surface area contributed by atoms with E-state index in [2.05, 4.69) is 110 Å². The van der Waals surface area contributed by atoms with Gasteiger partial charge in [0.25, 0.3) is 0 Å². The van der Waals surface area contributed by atoms with E-state index in [0.29, 0.717) is 118 Å². The number of ether oxygens (including phenoxy) is 8. The third-order valence-electron chi connectivity index (χ3n) is 8.61. The fourth-order valence-corrected chi connectivity index (χ4v) is 5.56. The Morgan fingerprint density at radius 2 is 0.875 bits per heavy atom. The van der Waals surface area contributed by atoms with Crippen LogP contribution in [0.5, 0.6) is 5.75 Å². The van der Waals surface area contributed by atoms with Crippen LogP contribution in [0.15, 0.2) is 72.8 Å². The van der Waals surface area contributed by atoms with E-state index in [1.807, 2.05) is 12.1 Å². The van der Waals surface area contributed by atoms with Crippen molar-refractivity contribution in [2.45, 2.75) is 18.8 Å². The Labute approximate surface area is 334 Å². The molecule has 0 unspecified atom stereocenters. The molecule has 312 valence electrons. The van der Waals surface area contributed by atoms with Crippen LogP contribution >= 0.6 is 0 Å². The van der Waals surface area contributed by atoms with Gasteiger partial charge in [-0.2, -0.15) is 0 Å². The second-order valence-corrected chi connectivity index (χ2v) is 13.4. The van der Waals surface area contributed by atoms with Crippen molar-refractivity contribution >= 4 is 17.3 Å². The van der Waals surface area contributed by atoms with Crippen molar-refractivity contribution in [3.05, 3.63) is 89.5 Å². The number of hydrogen-bond acceptors (Lipinski definition) is 11. The Balaban J connectivity index is 1.17. The molecule has 13 heteroatoms. The van der Waals surface area contributed by atoms with Crippen molar-refractivity contribution in [1.29, 1.82) is 0 Å². The van der Waals surface area contributed by atoms with Crippen LogP contribution in [-0.2, 0) is 38.0 Å². The van der Waals surface area contributed by atoms with Gasteiger partial charge in [-0.25, -0.2) is 0 Å². The highest BCUT2D eigenvalue weighted by molar-refractivity contribution is 5.75. The highest BCUT2D eigenvalue weighted by atomic mass is 16.6. The van der Waals surface area contributed by atoms with Crippen LogP contribution < -0.4 is 25.6 Å². The number of quaternary nitrogens is 1. The predicted molar refractivity (Wildman–Crippen MR) is 220 cm³/mol. The van der Waals surface area contributed by atoms with E-state index in [1.54, 1.807) is 0 Å². The minimum absolute atomic E-state index is 0.0201. The van der Waals surface area contributed by atoms with Crippen LogP contribution in [0.25, 0.3) is 0 Å². The summed E-state index contributed by atoms with van der Waals surface area (Å²) in [7, 11) is 8.21. The van der Waals surface area contributed by atoms with Crippen molar-refractivity contribution in [1.82, 2.24) is 5.32 Å². The number of rotatable bonds is 33. The fourth-order valence-electron chi connectivity index (χ4n) is 5.56. The zero-order valence-electron chi connectivity index (χ0n) is 34.2. The zero-order chi connectivity index (χ0) is 40.1. The zero-order valence-corrected chi connectivity index (χ0v) is 34.2. The Hall–Kier alpha value is -3.79. The smallest absolute Gasteiger partial charge is 0.220 e. The summed E-state index contributed by atoms with van der Waals surface area (Å²) >= 11 is 0. The lowest BCUT2D eigenvalue weighted by Gasteiger charge is -2.22. The molecule has 1 amide bonds. The number of carbonyl (C=O) groups excluding carboxylic acids is 1. The molecule has 0 fully saturated rings. The van der Waals surface area contributed by atoms with Gasteiger partial charge in [-0.1, -0.05) is 36.4 Å². The normalized spacial score (nSPS) is 11.2. The monoisotopic (exact) mass is 783 g/mol. The van der Waals surface area contributed by atoms with E-state index < -0.39 is 0 Å². The third-order valence-corrected chi connectivity index (χ3v) is 8.61. The predicted octanol–water partition coefficient (Wildman–Crippen LogP) is 3.63. The van der Waals surface area contributed by atoms with Gasteiger partial charge in [-0.15, -0.1) is 0 Å². The molecule has 0 aromatic heterocycles. The summed E-state index contributed by atoms with van der Waals surface area (Å²) in [5, 5.41) is 2.90. The summed E-state index contributed by atoms with van der Waals surface area (Å²) in [4.78, 5) is 16.5. The molecule has 0 heterocycles. The molecular formula is C43H67N4O9+. The average molecular weight is 784 g/mol. The van der Waals surface area contributed by atoms with Gasteiger partial charge in [-0.05, 0) is 59.5 Å². The molecule has 0 aliphatic heterocycles. The fraction of sp³-hybridized carbons (Fsp3) is 0.558. The molecule has 4 N–H and O–H groups in total. The van der Waals surface area contributed by atoms with E-state index >= 15 is 0 Å². The summed E-state index contributed by atoms with van der Waals surface area (Å²) < 4.78 is 44.2. The minimum Gasteiger partial charge on any atom is -0.494 e. The Bertz CT molecular complexity index is 1360. The van der Waals surface area contributed by atoms with Crippen molar-refractivity contribution < 1.29 is 48.4 Å². The maximum Gasteiger partial charge on any atom is 0.220 e. The highest BCUT2D eigenvalue weighted by Crippen LogP contribution is 2.34. The van der Waals surface area contributed by atoms with Gasteiger partial charge < -0.3 is 58.7 Å². The third kappa shape index (κ3) is 19.9. The van der Waals surface area contributed by atoms with Crippen molar-refractivity contribution in [2.75, 3.05) is 150 Å². The number of nitrogens with one attached hydrogen (secondary N) is 1. The minimum atomic E-state index is -0.0201. The highest BCUT2D eigenvalue weighted by Gasteiger charge is 2.18. The molecule has 0 aliphatic carbocycles. The number of hydrogen-bond donors (Lipinski definition) is 2. The molecule has 0 spiro atoms.